The quantitative estimate of drug-likeness (QED) is 0.731. The third kappa shape index (κ3) is 5.63. The van der Waals surface area contributed by atoms with E-state index in [4.69, 9.17) is 4.74 Å². The van der Waals surface area contributed by atoms with Crippen LogP contribution in [0.15, 0.2) is 18.3 Å². The monoisotopic (exact) mass is 251 g/mol. The van der Waals surface area contributed by atoms with Gasteiger partial charge in [-0.05, 0) is 38.3 Å². The minimum atomic E-state index is -0.215. The second-order valence-corrected chi connectivity index (χ2v) is 3.95. The average molecular weight is 251 g/mol. The highest BCUT2D eigenvalue weighted by Crippen LogP contribution is 2.08. The lowest BCUT2D eigenvalue weighted by Gasteiger charge is -2.08. The van der Waals surface area contributed by atoms with Gasteiger partial charge < -0.3 is 10.1 Å². The Hall–Kier alpha value is -1.62. The van der Waals surface area contributed by atoms with E-state index in [-0.39, 0.29) is 6.03 Å². The summed E-state index contributed by atoms with van der Waals surface area (Å²) in [6.45, 7) is 6.02. The molecule has 0 fully saturated rings. The van der Waals surface area contributed by atoms with Crippen LogP contribution in [-0.2, 0) is 4.74 Å². The third-order valence-corrected chi connectivity index (χ3v) is 2.45. The van der Waals surface area contributed by atoms with Crippen LogP contribution >= 0.6 is 0 Å². The SMILES string of the molecule is CCOCCCCNC(=O)Nc1ncccc1C. The van der Waals surface area contributed by atoms with E-state index < -0.39 is 0 Å². The standard InChI is InChI=1S/C13H21N3O2/c1-3-18-10-5-4-8-15-13(17)16-12-11(2)7-6-9-14-12/h6-7,9H,3-5,8,10H2,1-2H3,(H2,14,15,16,17). The molecule has 0 aliphatic heterocycles. The molecule has 2 amide bonds. The van der Waals surface area contributed by atoms with Crippen LogP contribution in [0.4, 0.5) is 10.6 Å². The molecule has 5 heteroatoms. The lowest BCUT2D eigenvalue weighted by atomic mass is 10.3. The van der Waals surface area contributed by atoms with Crippen LogP contribution in [0.2, 0.25) is 0 Å². The van der Waals surface area contributed by atoms with Gasteiger partial charge in [-0.15, -0.1) is 0 Å². The van der Waals surface area contributed by atoms with Crippen molar-refractivity contribution in [2.75, 3.05) is 25.1 Å². The Labute approximate surface area is 108 Å². The van der Waals surface area contributed by atoms with Crippen molar-refractivity contribution >= 4 is 11.8 Å². The normalized spacial score (nSPS) is 10.1. The van der Waals surface area contributed by atoms with Crippen molar-refractivity contribution in [2.45, 2.75) is 26.7 Å². The van der Waals surface area contributed by atoms with Crippen molar-refractivity contribution in [1.82, 2.24) is 10.3 Å². The van der Waals surface area contributed by atoms with Crippen LogP contribution in [0.25, 0.3) is 0 Å². The zero-order valence-corrected chi connectivity index (χ0v) is 11.0. The molecule has 2 N–H and O–H groups in total. The van der Waals surface area contributed by atoms with E-state index in [2.05, 4.69) is 15.6 Å². The fraction of sp³-hybridized carbons (Fsp3) is 0.538. The van der Waals surface area contributed by atoms with Crippen molar-refractivity contribution in [1.29, 1.82) is 0 Å². The summed E-state index contributed by atoms with van der Waals surface area (Å²) in [6.07, 6.45) is 3.52. The maximum absolute atomic E-state index is 11.6. The Kier molecular flexibility index (Phi) is 6.79. The van der Waals surface area contributed by atoms with Gasteiger partial charge in [0.1, 0.15) is 5.82 Å². The summed E-state index contributed by atoms with van der Waals surface area (Å²) < 4.78 is 5.21. The van der Waals surface area contributed by atoms with Gasteiger partial charge in [-0.3, -0.25) is 5.32 Å². The number of nitrogens with one attached hydrogen (secondary N) is 2. The van der Waals surface area contributed by atoms with Crippen LogP contribution < -0.4 is 10.6 Å². The predicted molar refractivity (Wildman–Crippen MR) is 71.7 cm³/mol. The number of aryl methyl sites for hydroxylation is 1. The first-order valence-corrected chi connectivity index (χ1v) is 6.28. The lowest BCUT2D eigenvalue weighted by molar-refractivity contribution is 0.143. The molecule has 0 atom stereocenters. The van der Waals surface area contributed by atoms with Gasteiger partial charge >= 0.3 is 6.03 Å². The number of nitrogens with zero attached hydrogens (tertiary/aromatic N) is 1. The van der Waals surface area contributed by atoms with Crippen LogP contribution in [0, 0.1) is 6.92 Å². The maximum Gasteiger partial charge on any atom is 0.320 e. The molecule has 0 saturated heterocycles. The van der Waals surface area contributed by atoms with Gasteiger partial charge in [-0.2, -0.15) is 0 Å². The molecule has 0 spiro atoms. The number of pyridine rings is 1. The second-order valence-electron chi connectivity index (χ2n) is 3.95. The van der Waals surface area contributed by atoms with Gasteiger partial charge in [0.05, 0.1) is 0 Å². The molecule has 5 nitrogen and oxygen atoms in total. The van der Waals surface area contributed by atoms with Gasteiger partial charge in [0.15, 0.2) is 0 Å². The molecule has 1 rings (SSSR count). The molecule has 100 valence electrons. The summed E-state index contributed by atoms with van der Waals surface area (Å²) in [7, 11) is 0. The highest BCUT2D eigenvalue weighted by Gasteiger charge is 2.03. The fourth-order valence-corrected chi connectivity index (χ4v) is 1.44. The summed E-state index contributed by atoms with van der Waals surface area (Å²) in [5.41, 5.74) is 0.948. The van der Waals surface area contributed by atoms with E-state index in [9.17, 15) is 4.79 Å². The molecule has 0 bridgehead atoms. The molecule has 0 aliphatic rings. The van der Waals surface area contributed by atoms with Crippen molar-refractivity contribution in [2.24, 2.45) is 0 Å². The van der Waals surface area contributed by atoms with Gasteiger partial charge in [-0.25, -0.2) is 9.78 Å². The third-order valence-electron chi connectivity index (χ3n) is 2.45. The molecule has 1 aromatic rings. The molecule has 0 aliphatic carbocycles. The number of aromatic nitrogens is 1. The van der Waals surface area contributed by atoms with Gasteiger partial charge in [0.2, 0.25) is 0 Å². The summed E-state index contributed by atoms with van der Waals surface area (Å²) in [4.78, 5) is 15.7. The minimum Gasteiger partial charge on any atom is -0.382 e. The number of urea groups is 1. The molecule has 0 saturated carbocycles. The van der Waals surface area contributed by atoms with Gasteiger partial charge in [0, 0.05) is 26.0 Å². The molecule has 18 heavy (non-hydrogen) atoms. The average Bonchev–Trinajstić information content (AvgIpc) is 2.36. The predicted octanol–water partition coefficient (Wildman–Crippen LogP) is 2.33. The van der Waals surface area contributed by atoms with E-state index in [0.717, 1.165) is 31.6 Å². The molecule has 1 heterocycles. The van der Waals surface area contributed by atoms with Crippen LogP contribution in [0.5, 0.6) is 0 Å². The van der Waals surface area contributed by atoms with Crippen molar-refractivity contribution in [3.63, 3.8) is 0 Å². The van der Waals surface area contributed by atoms with Crippen LogP contribution in [0.3, 0.4) is 0 Å². The van der Waals surface area contributed by atoms with Crippen LogP contribution in [-0.4, -0.2) is 30.8 Å². The molecule has 0 radical (unpaired) electrons. The Balaban J connectivity index is 2.16. The maximum atomic E-state index is 11.6. The topological polar surface area (TPSA) is 63.2 Å². The van der Waals surface area contributed by atoms with Crippen molar-refractivity contribution in [3.05, 3.63) is 23.9 Å². The van der Waals surface area contributed by atoms with E-state index in [1.165, 1.54) is 0 Å². The number of ether oxygens (including phenoxy) is 1. The number of rotatable bonds is 7. The fourth-order valence-electron chi connectivity index (χ4n) is 1.44. The Morgan fingerprint density at radius 2 is 2.28 bits per heavy atom. The highest BCUT2D eigenvalue weighted by atomic mass is 16.5. The zero-order chi connectivity index (χ0) is 13.2. The molecular weight excluding hydrogens is 230 g/mol. The Morgan fingerprint density at radius 3 is 3.00 bits per heavy atom. The van der Waals surface area contributed by atoms with Crippen LogP contribution in [0.1, 0.15) is 25.3 Å². The number of hydrogen-bond acceptors (Lipinski definition) is 3. The minimum absolute atomic E-state index is 0.215. The summed E-state index contributed by atoms with van der Waals surface area (Å²) in [5.74, 6) is 0.601. The number of unbranched alkanes of at least 4 members (excludes halogenated alkanes) is 1. The van der Waals surface area contributed by atoms with E-state index in [1.807, 2.05) is 26.0 Å². The molecular formula is C13H21N3O2. The van der Waals surface area contributed by atoms with Gasteiger partial charge in [-0.1, -0.05) is 6.07 Å². The van der Waals surface area contributed by atoms with E-state index >= 15 is 0 Å². The molecule has 0 aromatic carbocycles. The molecule has 1 aromatic heterocycles. The Bertz CT molecular complexity index is 369. The number of amides is 2. The number of hydrogen-bond donors (Lipinski definition) is 2. The first-order valence-electron chi connectivity index (χ1n) is 6.28. The molecule has 0 unspecified atom stereocenters. The summed E-state index contributed by atoms with van der Waals surface area (Å²) in [5, 5.41) is 5.51. The zero-order valence-electron chi connectivity index (χ0n) is 11.0. The number of anilines is 1. The number of carbonyl (C=O) groups excluding carboxylic acids is 1. The lowest BCUT2D eigenvalue weighted by Crippen LogP contribution is -2.30. The van der Waals surface area contributed by atoms with Gasteiger partial charge in [0.25, 0.3) is 0 Å². The number of carbonyl (C=O) groups is 1. The van der Waals surface area contributed by atoms with Crippen molar-refractivity contribution in [3.8, 4) is 0 Å². The highest BCUT2D eigenvalue weighted by molar-refractivity contribution is 5.88. The Morgan fingerprint density at radius 1 is 1.44 bits per heavy atom. The van der Waals surface area contributed by atoms with Crippen molar-refractivity contribution < 1.29 is 9.53 Å². The summed E-state index contributed by atoms with van der Waals surface area (Å²) in [6, 6.07) is 3.53. The largest absolute Gasteiger partial charge is 0.382 e. The van der Waals surface area contributed by atoms with E-state index in [0.29, 0.717) is 12.4 Å². The van der Waals surface area contributed by atoms with E-state index in [1.54, 1.807) is 6.20 Å². The summed E-state index contributed by atoms with van der Waals surface area (Å²) >= 11 is 0. The smallest absolute Gasteiger partial charge is 0.320 e. The second kappa shape index (κ2) is 8.47. The first kappa shape index (κ1) is 14.4. The first-order chi connectivity index (χ1) is 8.74.